The van der Waals surface area contributed by atoms with Crippen LogP contribution in [0.2, 0.25) is 0 Å². The molecule has 0 amide bonds. The summed E-state index contributed by atoms with van der Waals surface area (Å²) in [6, 6.07) is 12.4. The summed E-state index contributed by atoms with van der Waals surface area (Å²) in [5.74, 6) is 0.198. The minimum Gasteiger partial charge on any atom is -0.397 e. The van der Waals surface area contributed by atoms with Crippen molar-refractivity contribution in [3.63, 3.8) is 0 Å². The highest BCUT2D eigenvalue weighted by atomic mass is 19.1. The lowest BCUT2D eigenvalue weighted by Crippen LogP contribution is -1.97. The fourth-order valence-electron chi connectivity index (χ4n) is 1.74. The van der Waals surface area contributed by atoms with Gasteiger partial charge in [0.15, 0.2) is 0 Å². The maximum Gasteiger partial charge on any atom is 0.125 e. The lowest BCUT2D eigenvalue weighted by atomic mass is 10.0. The number of anilines is 3. The molecule has 0 aromatic heterocycles. The van der Waals surface area contributed by atoms with Gasteiger partial charge in [-0.15, -0.1) is 0 Å². The molecule has 3 heteroatoms. The normalized spacial score (nSPS) is 10.7. The lowest BCUT2D eigenvalue weighted by Gasteiger charge is -2.11. The summed E-state index contributed by atoms with van der Waals surface area (Å²) in [6.45, 7) is 4.29. The maximum atomic E-state index is 13.1. The average Bonchev–Trinajstić information content (AvgIpc) is 2.34. The first-order chi connectivity index (χ1) is 8.56. The third-order valence-corrected chi connectivity index (χ3v) is 2.87. The molecule has 2 nitrogen and oxygen atoms in total. The molecule has 0 radical (unpaired) electrons. The largest absolute Gasteiger partial charge is 0.397 e. The number of benzene rings is 2. The Morgan fingerprint density at radius 3 is 2.33 bits per heavy atom. The molecule has 0 aliphatic rings. The molecule has 0 saturated heterocycles. The van der Waals surface area contributed by atoms with Crippen molar-refractivity contribution >= 4 is 17.1 Å². The van der Waals surface area contributed by atoms with E-state index in [1.54, 1.807) is 6.07 Å². The van der Waals surface area contributed by atoms with Gasteiger partial charge in [0.1, 0.15) is 5.82 Å². The van der Waals surface area contributed by atoms with Crippen molar-refractivity contribution < 1.29 is 4.39 Å². The van der Waals surface area contributed by atoms with Crippen molar-refractivity contribution in [1.29, 1.82) is 0 Å². The summed E-state index contributed by atoms with van der Waals surface area (Å²) in [6.07, 6.45) is 0. The highest BCUT2D eigenvalue weighted by molar-refractivity contribution is 5.72. The minimum absolute atomic E-state index is 0.300. The van der Waals surface area contributed by atoms with Gasteiger partial charge in [0.2, 0.25) is 0 Å². The van der Waals surface area contributed by atoms with Crippen LogP contribution in [0.1, 0.15) is 25.3 Å². The van der Waals surface area contributed by atoms with Crippen LogP contribution < -0.4 is 11.1 Å². The van der Waals surface area contributed by atoms with Crippen LogP contribution in [-0.2, 0) is 0 Å². The Morgan fingerprint density at radius 1 is 1.06 bits per heavy atom. The van der Waals surface area contributed by atoms with Crippen molar-refractivity contribution in [2.24, 2.45) is 0 Å². The third kappa shape index (κ3) is 2.80. The summed E-state index contributed by atoms with van der Waals surface area (Å²) in [4.78, 5) is 0. The Labute approximate surface area is 107 Å². The molecule has 0 aliphatic heterocycles. The summed E-state index contributed by atoms with van der Waals surface area (Å²) in [7, 11) is 0. The topological polar surface area (TPSA) is 38.0 Å². The Balaban J connectivity index is 2.21. The van der Waals surface area contributed by atoms with Crippen molar-refractivity contribution in [2.75, 3.05) is 11.1 Å². The molecular formula is C15H17FN2. The molecule has 0 saturated carbocycles. The Hall–Kier alpha value is -2.03. The molecule has 2 aromatic rings. The van der Waals surface area contributed by atoms with Gasteiger partial charge in [-0.25, -0.2) is 4.39 Å². The van der Waals surface area contributed by atoms with Gasteiger partial charge in [0.25, 0.3) is 0 Å². The fourth-order valence-corrected chi connectivity index (χ4v) is 1.74. The highest BCUT2D eigenvalue weighted by Crippen LogP contribution is 2.25. The molecule has 0 heterocycles. The van der Waals surface area contributed by atoms with Gasteiger partial charge in [-0.2, -0.15) is 0 Å². The van der Waals surface area contributed by atoms with E-state index in [-0.39, 0.29) is 5.82 Å². The van der Waals surface area contributed by atoms with Gasteiger partial charge in [0, 0.05) is 5.69 Å². The standard InChI is InChI=1S/C15H17FN2/c1-10(2)11-3-6-13(7-4-11)18-15-9-12(16)5-8-14(15)17/h3-10,18H,17H2,1-2H3. The SMILES string of the molecule is CC(C)c1ccc(Nc2cc(F)ccc2N)cc1. The van der Waals surface area contributed by atoms with Gasteiger partial charge in [0.05, 0.1) is 11.4 Å². The van der Waals surface area contributed by atoms with Crippen LogP contribution in [0.25, 0.3) is 0 Å². The Morgan fingerprint density at radius 2 is 1.72 bits per heavy atom. The second kappa shape index (κ2) is 5.08. The zero-order valence-electron chi connectivity index (χ0n) is 10.6. The van der Waals surface area contributed by atoms with E-state index < -0.39 is 0 Å². The van der Waals surface area contributed by atoms with E-state index in [0.717, 1.165) is 5.69 Å². The van der Waals surface area contributed by atoms with Crippen molar-refractivity contribution in [1.82, 2.24) is 0 Å². The Kier molecular flexibility index (Phi) is 3.51. The maximum absolute atomic E-state index is 13.1. The first-order valence-electron chi connectivity index (χ1n) is 5.98. The van der Waals surface area contributed by atoms with Gasteiger partial charge < -0.3 is 11.1 Å². The number of halogens is 1. The number of hydrogen-bond donors (Lipinski definition) is 2. The Bertz CT molecular complexity index is 533. The summed E-state index contributed by atoms with van der Waals surface area (Å²) in [5, 5.41) is 3.11. The smallest absolute Gasteiger partial charge is 0.125 e. The monoisotopic (exact) mass is 244 g/mol. The van der Waals surface area contributed by atoms with E-state index in [1.165, 1.54) is 17.7 Å². The molecule has 0 unspecified atom stereocenters. The van der Waals surface area contributed by atoms with Crippen LogP contribution in [0.5, 0.6) is 0 Å². The van der Waals surface area contributed by atoms with Crippen LogP contribution in [0.3, 0.4) is 0 Å². The summed E-state index contributed by atoms with van der Waals surface area (Å²) < 4.78 is 13.1. The van der Waals surface area contributed by atoms with E-state index in [9.17, 15) is 4.39 Å². The molecular weight excluding hydrogens is 227 g/mol. The molecule has 0 atom stereocenters. The van der Waals surface area contributed by atoms with E-state index in [4.69, 9.17) is 5.73 Å². The molecule has 18 heavy (non-hydrogen) atoms. The molecule has 0 spiro atoms. The quantitative estimate of drug-likeness (QED) is 0.791. The number of nitrogens with two attached hydrogens (primary N) is 1. The van der Waals surface area contributed by atoms with E-state index in [0.29, 0.717) is 17.3 Å². The number of hydrogen-bond acceptors (Lipinski definition) is 2. The zero-order chi connectivity index (χ0) is 13.1. The molecule has 2 aromatic carbocycles. The third-order valence-electron chi connectivity index (χ3n) is 2.87. The van der Waals surface area contributed by atoms with Crippen molar-refractivity contribution in [3.8, 4) is 0 Å². The van der Waals surface area contributed by atoms with Crippen LogP contribution in [0.4, 0.5) is 21.5 Å². The van der Waals surface area contributed by atoms with Gasteiger partial charge in [-0.1, -0.05) is 26.0 Å². The van der Waals surface area contributed by atoms with Gasteiger partial charge in [-0.3, -0.25) is 0 Å². The first-order valence-corrected chi connectivity index (χ1v) is 5.98. The summed E-state index contributed by atoms with van der Waals surface area (Å²) >= 11 is 0. The van der Waals surface area contributed by atoms with Gasteiger partial charge >= 0.3 is 0 Å². The van der Waals surface area contributed by atoms with Gasteiger partial charge in [-0.05, 0) is 41.8 Å². The van der Waals surface area contributed by atoms with Crippen molar-refractivity contribution in [3.05, 3.63) is 53.8 Å². The molecule has 94 valence electrons. The molecule has 0 aliphatic carbocycles. The van der Waals surface area contributed by atoms with E-state index in [2.05, 4.69) is 31.3 Å². The predicted octanol–water partition coefficient (Wildman–Crippen LogP) is 4.27. The fraction of sp³-hybridized carbons (Fsp3) is 0.200. The zero-order valence-corrected chi connectivity index (χ0v) is 10.6. The molecule has 3 N–H and O–H groups in total. The van der Waals surface area contributed by atoms with Crippen LogP contribution >= 0.6 is 0 Å². The second-order valence-electron chi connectivity index (χ2n) is 4.63. The van der Waals surface area contributed by atoms with Crippen molar-refractivity contribution in [2.45, 2.75) is 19.8 Å². The minimum atomic E-state index is -0.300. The highest BCUT2D eigenvalue weighted by Gasteiger charge is 2.03. The molecule has 2 rings (SSSR count). The number of rotatable bonds is 3. The summed E-state index contributed by atoms with van der Waals surface area (Å²) in [5.41, 5.74) is 9.08. The van der Waals surface area contributed by atoms with E-state index >= 15 is 0 Å². The number of nitrogen functional groups attached to an aromatic ring is 1. The predicted molar refractivity (Wildman–Crippen MR) is 74.6 cm³/mol. The lowest BCUT2D eigenvalue weighted by molar-refractivity contribution is 0.628. The first kappa shape index (κ1) is 12.4. The van der Waals surface area contributed by atoms with Crippen LogP contribution in [-0.4, -0.2) is 0 Å². The molecule has 0 fully saturated rings. The second-order valence-corrected chi connectivity index (χ2v) is 4.63. The van der Waals surface area contributed by atoms with Crippen LogP contribution in [0, 0.1) is 5.82 Å². The number of nitrogens with one attached hydrogen (secondary N) is 1. The van der Waals surface area contributed by atoms with E-state index in [1.807, 2.05) is 12.1 Å². The average molecular weight is 244 g/mol. The molecule has 0 bridgehead atoms. The van der Waals surface area contributed by atoms with Crippen LogP contribution in [0.15, 0.2) is 42.5 Å².